The normalized spacial score (nSPS) is 10.3. The standard InChI is InChI=1S/C9H7NO2/c11-8-3-1-2-6-5-10-9(12)4-7(6)8/h1-5,11H,(H,10,12). The van der Waals surface area contributed by atoms with Gasteiger partial charge in [0.2, 0.25) is 5.56 Å². The van der Waals surface area contributed by atoms with E-state index in [1.165, 1.54) is 6.07 Å². The van der Waals surface area contributed by atoms with Crippen molar-refractivity contribution >= 4 is 10.8 Å². The molecule has 2 N–H and O–H groups in total. The van der Waals surface area contributed by atoms with Crippen LogP contribution in [0.3, 0.4) is 0 Å². The van der Waals surface area contributed by atoms with Crippen LogP contribution in [-0.2, 0) is 0 Å². The summed E-state index contributed by atoms with van der Waals surface area (Å²) < 4.78 is 0. The monoisotopic (exact) mass is 161 g/mol. The molecule has 0 aliphatic heterocycles. The maximum absolute atomic E-state index is 10.9. The van der Waals surface area contributed by atoms with Crippen LogP contribution in [0.2, 0.25) is 0 Å². The quantitative estimate of drug-likeness (QED) is 0.610. The van der Waals surface area contributed by atoms with Crippen LogP contribution in [0.4, 0.5) is 0 Å². The molecule has 0 atom stereocenters. The molecule has 3 heteroatoms. The van der Waals surface area contributed by atoms with E-state index in [1.807, 2.05) is 6.07 Å². The number of nitrogens with one attached hydrogen (secondary N) is 1. The lowest BCUT2D eigenvalue weighted by Gasteiger charge is -1.97. The highest BCUT2D eigenvalue weighted by molar-refractivity contribution is 5.86. The first kappa shape index (κ1) is 6.91. The summed E-state index contributed by atoms with van der Waals surface area (Å²) in [5.74, 6) is 0.138. The largest absolute Gasteiger partial charge is 0.507 e. The molecule has 2 rings (SSSR count). The van der Waals surface area contributed by atoms with E-state index in [0.29, 0.717) is 5.39 Å². The Morgan fingerprint density at radius 1 is 1.33 bits per heavy atom. The molecular weight excluding hydrogens is 154 g/mol. The lowest BCUT2D eigenvalue weighted by molar-refractivity contribution is 0.481. The number of H-pyrrole nitrogens is 1. The Labute approximate surface area is 68.3 Å². The SMILES string of the molecule is O=c1cc2c(O)cccc2c[nH]1. The number of fused-ring (bicyclic) bond motifs is 1. The summed E-state index contributed by atoms with van der Waals surface area (Å²) >= 11 is 0. The second kappa shape index (κ2) is 2.37. The molecule has 0 bridgehead atoms. The van der Waals surface area contributed by atoms with Gasteiger partial charge in [-0.05, 0) is 6.07 Å². The van der Waals surface area contributed by atoms with Gasteiger partial charge in [-0.1, -0.05) is 12.1 Å². The Balaban J connectivity index is 2.97. The molecule has 0 aliphatic rings. The van der Waals surface area contributed by atoms with Gasteiger partial charge in [-0.15, -0.1) is 0 Å². The predicted octanol–water partition coefficient (Wildman–Crippen LogP) is 1.23. The minimum Gasteiger partial charge on any atom is -0.507 e. The Morgan fingerprint density at radius 3 is 3.00 bits per heavy atom. The molecule has 1 aromatic carbocycles. The van der Waals surface area contributed by atoms with Crippen molar-refractivity contribution in [2.24, 2.45) is 0 Å². The van der Waals surface area contributed by atoms with Gasteiger partial charge in [-0.3, -0.25) is 4.79 Å². The van der Waals surface area contributed by atoms with E-state index >= 15 is 0 Å². The fraction of sp³-hybridized carbons (Fsp3) is 0. The van der Waals surface area contributed by atoms with E-state index < -0.39 is 0 Å². The first-order valence-corrected chi connectivity index (χ1v) is 3.58. The van der Waals surface area contributed by atoms with Gasteiger partial charge in [0.05, 0.1) is 0 Å². The van der Waals surface area contributed by atoms with Crippen LogP contribution >= 0.6 is 0 Å². The highest BCUT2D eigenvalue weighted by atomic mass is 16.3. The molecule has 0 radical (unpaired) electrons. The number of rotatable bonds is 0. The molecule has 0 aliphatic carbocycles. The van der Waals surface area contributed by atoms with Crippen molar-refractivity contribution in [3.63, 3.8) is 0 Å². The Hall–Kier alpha value is -1.77. The third-order valence-electron chi connectivity index (χ3n) is 1.76. The topological polar surface area (TPSA) is 53.1 Å². The van der Waals surface area contributed by atoms with E-state index in [1.54, 1.807) is 18.3 Å². The van der Waals surface area contributed by atoms with Crippen LogP contribution in [0.25, 0.3) is 10.8 Å². The van der Waals surface area contributed by atoms with Crippen molar-refractivity contribution in [2.75, 3.05) is 0 Å². The van der Waals surface area contributed by atoms with E-state index in [0.717, 1.165) is 5.39 Å². The summed E-state index contributed by atoms with van der Waals surface area (Å²) in [6.45, 7) is 0. The second-order valence-corrected chi connectivity index (χ2v) is 2.58. The van der Waals surface area contributed by atoms with Crippen molar-refractivity contribution < 1.29 is 5.11 Å². The average molecular weight is 161 g/mol. The third-order valence-corrected chi connectivity index (χ3v) is 1.76. The van der Waals surface area contributed by atoms with Crippen molar-refractivity contribution in [2.45, 2.75) is 0 Å². The van der Waals surface area contributed by atoms with Gasteiger partial charge >= 0.3 is 0 Å². The minimum atomic E-state index is -0.205. The molecule has 0 fully saturated rings. The Kier molecular flexibility index (Phi) is 1.37. The van der Waals surface area contributed by atoms with Crippen molar-refractivity contribution in [3.8, 4) is 5.75 Å². The van der Waals surface area contributed by atoms with Crippen LogP contribution in [0, 0.1) is 0 Å². The molecule has 0 saturated carbocycles. The molecular formula is C9H7NO2. The molecule has 3 nitrogen and oxygen atoms in total. The number of benzene rings is 1. The van der Waals surface area contributed by atoms with Crippen molar-refractivity contribution in [1.82, 2.24) is 4.98 Å². The number of hydrogen-bond donors (Lipinski definition) is 2. The van der Waals surface area contributed by atoms with E-state index in [2.05, 4.69) is 4.98 Å². The first-order chi connectivity index (χ1) is 5.77. The average Bonchev–Trinajstić information content (AvgIpc) is 2.07. The lowest BCUT2D eigenvalue weighted by atomic mass is 10.2. The zero-order valence-corrected chi connectivity index (χ0v) is 6.24. The molecule has 0 amide bonds. The third kappa shape index (κ3) is 0.955. The van der Waals surface area contributed by atoms with Crippen molar-refractivity contribution in [3.05, 3.63) is 40.8 Å². The fourth-order valence-corrected chi connectivity index (χ4v) is 1.18. The lowest BCUT2D eigenvalue weighted by Crippen LogP contribution is -2.01. The molecule has 60 valence electrons. The molecule has 1 aromatic heterocycles. The molecule has 12 heavy (non-hydrogen) atoms. The van der Waals surface area contributed by atoms with Gasteiger partial charge in [0.15, 0.2) is 0 Å². The molecule has 2 aromatic rings. The molecule has 0 spiro atoms. The summed E-state index contributed by atoms with van der Waals surface area (Å²) in [5, 5.41) is 10.8. The summed E-state index contributed by atoms with van der Waals surface area (Å²) in [5.41, 5.74) is -0.205. The first-order valence-electron chi connectivity index (χ1n) is 3.58. The van der Waals surface area contributed by atoms with Gasteiger partial charge < -0.3 is 10.1 Å². The van der Waals surface area contributed by atoms with Crippen LogP contribution in [0.5, 0.6) is 5.75 Å². The predicted molar refractivity (Wildman–Crippen MR) is 46.2 cm³/mol. The summed E-state index contributed by atoms with van der Waals surface area (Å²) in [4.78, 5) is 13.4. The van der Waals surface area contributed by atoms with Crippen molar-refractivity contribution in [1.29, 1.82) is 0 Å². The van der Waals surface area contributed by atoms with Crippen LogP contribution in [0.15, 0.2) is 35.3 Å². The number of aromatic hydroxyl groups is 1. The number of phenols is 1. The van der Waals surface area contributed by atoms with Gasteiger partial charge in [0, 0.05) is 23.0 Å². The van der Waals surface area contributed by atoms with Crippen LogP contribution < -0.4 is 5.56 Å². The van der Waals surface area contributed by atoms with Gasteiger partial charge in [-0.25, -0.2) is 0 Å². The summed E-state index contributed by atoms with van der Waals surface area (Å²) in [6, 6.07) is 6.49. The highest BCUT2D eigenvalue weighted by Gasteiger charge is 1.97. The van der Waals surface area contributed by atoms with Crippen LogP contribution in [-0.4, -0.2) is 10.1 Å². The number of aromatic nitrogens is 1. The fourth-order valence-electron chi connectivity index (χ4n) is 1.18. The minimum absolute atomic E-state index is 0.138. The Morgan fingerprint density at radius 2 is 2.17 bits per heavy atom. The highest BCUT2D eigenvalue weighted by Crippen LogP contribution is 2.21. The maximum Gasteiger partial charge on any atom is 0.248 e. The van der Waals surface area contributed by atoms with E-state index in [-0.39, 0.29) is 11.3 Å². The van der Waals surface area contributed by atoms with Gasteiger partial charge in [0.25, 0.3) is 0 Å². The smallest absolute Gasteiger partial charge is 0.248 e. The van der Waals surface area contributed by atoms with Crippen LogP contribution in [0.1, 0.15) is 0 Å². The number of aromatic amines is 1. The van der Waals surface area contributed by atoms with E-state index in [9.17, 15) is 9.90 Å². The summed E-state index contributed by atoms with van der Waals surface area (Å²) in [7, 11) is 0. The van der Waals surface area contributed by atoms with Gasteiger partial charge in [0.1, 0.15) is 5.75 Å². The zero-order chi connectivity index (χ0) is 8.55. The number of pyridine rings is 1. The molecule has 0 unspecified atom stereocenters. The summed E-state index contributed by atoms with van der Waals surface area (Å²) in [6.07, 6.45) is 1.58. The number of phenolic OH excluding ortho intramolecular Hbond substituents is 1. The number of hydrogen-bond acceptors (Lipinski definition) is 2. The zero-order valence-electron chi connectivity index (χ0n) is 6.24. The maximum atomic E-state index is 10.9. The van der Waals surface area contributed by atoms with E-state index in [4.69, 9.17) is 0 Å². The molecule has 1 heterocycles. The molecule has 0 saturated heterocycles. The Bertz CT molecular complexity index is 473. The van der Waals surface area contributed by atoms with Gasteiger partial charge in [-0.2, -0.15) is 0 Å². The second-order valence-electron chi connectivity index (χ2n) is 2.58.